The van der Waals surface area contributed by atoms with Crippen molar-refractivity contribution in [2.45, 2.75) is 18.9 Å². The van der Waals surface area contributed by atoms with E-state index in [0.29, 0.717) is 11.6 Å². The van der Waals surface area contributed by atoms with Crippen LogP contribution in [0.3, 0.4) is 0 Å². The maximum atomic E-state index is 13.9. The molecule has 1 aliphatic rings. The molecule has 0 aliphatic carbocycles. The first-order valence-electron chi connectivity index (χ1n) is 8.79. The predicted octanol–water partition coefficient (Wildman–Crippen LogP) is 3.76. The van der Waals surface area contributed by atoms with Crippen LogP contribution < -0.4 is 10.2 Å². The van der Waals surface area contributed by atoms with Crippen LogP contribution >= 0.6 is 0 Å². The number of nitrogens with one attached hydrogen (secondary N) is 1. The van der Waals surface area contributed by atoms with Crippen molar-refractivity contribution in [1.82, 2.24) is 15.0 Å². The number of piperidine rings is 1. The molecule has 0 atom stereocenters. The van der Waals surface area contributed by atoms with Gasteiger partial charge in [0.15, 0.2) is 0 Å². The van der Waals surface area contributed by atoms with Gasteiger partial charge in [0, 0.05) is 43.3 Å². The van der Waals surface area contributed by atoms with Gasteiger partial charge in [-0.05, 0) is 43.2 Å². The Bertz CT molecular complexity index is 863. The number of benzene rings is 1. The Labute approximate surface area is 151 Å². The Kier molecular flexibility index (Phi) is 4.73. The zero-order valence-corrected chi connectivity index (χ0v) is 14.3. The molecule has 2 aromatic heterocycles. The van der Waals surface area contributed by atoms with Crippen LogP contribution in [0.15, 0.2) is 61.1 Å². The van der Waals surface area contributed by atoms with Crippen molar-refractivity contribution in [1.29, 1.82) is 0 Å². The first kappa shape index (κ1) is 16.4. The maximum absolute atomic E-state index is 13.9. The Morgan fingerprint density at radius 2 is 1.85 bits per heavy atom. The monoisotopic (exact) mass is 349 g/mol. The molecule has 5 nitrogen and oxygen atoms in total. The minimum Gasteiger partial charge on any atom is -0.369 e. The maximum Gasteiger partial charge on any atom is 0.223 e. The number of anilines is 2. The van der Waals surface area contributed by atoms with E-state index in [-0.39, 0.29) is 11.9 Å². The van der Waals surface area contributed by atoms with Gasteiger partial charge in [-0.25, -0.2) is 14.4 Å². The largest absolute Gasteiger partial charge is 0.369 e. The van der Waals surface area contributed by atoms with Crippen LogP contribution in [0.25, 0.3) is 11.3 Å². The number of rotatable bonds is 4. The predicted molar refractivity (Wildman–Crippen MR) is 101 cm³/mol. The molecular weight excluding hydrogens is 329 g/mol. The molecule has 26 heavy (non-hydrogen) atoms. The third-order valence-electron chi connectivity index (χ3n) is 4.63. The molecule has 0 bridgehead atoms. The molecule has 0 unspecified atom stereocenters. The zero-order chi connectivity index (χ0) is 17.8. The molecule has 1 aliphatic heterocycles. The van der Waals surface area contributed by atoms with E-state index in [4.69, 9.17) is 0 Å². The average Bonchev–Trinajstić information content (AvgIpc) is 2.70. The standard InChI is InChI=1S/C20H20FN5/c21-17-5-1-2-6-19(17)26-12-8-16(9-13-26)24-20-23-11-7-18(25-20)15-4-3-10-22-14-15/h1-7,10-11,14,16H,8-9,12-13H2,(H,23,24,25). The second kappa shape index (κ2) is 7.47. The SMILES string of the molecule is Fc1ccccc1N1CCC(Nc2nccc(-c3cccnc3)n2)CC1. The average molecular weight is 349 g/mol. The number of aromatic nitrogens is 3. The summed E-state index contributed by atoms with van der Waals surface area (Å²) >= 11 is 0. The van der Waals surface area contributed by atoms with Gasteiger partial charge in [0.05, 0.1) is 11.4 Å². The Balaban J connectivity index is 1.40. The molecule has 1 aromatic carbocycles. The Hall–Kier alpha value is -3.02. The fourth-order valence-electron chi connectivity index (χ4n) is 3.26. The quantitative estimate of drug-likeness (QED) is 0.777. The summed E-state index contributed by atoms with van der Waals surface area (Å²) in [6, 6.07) is 13.0. The second-order valence-corrected chi connectivity index (χ2v) is 6.36. The van der Waals surface area contributed by atoms with Gasteiger partial charge in [0.2, 0.25) is 5.95 Å². The molecule has 0 spiro atoms. The van der Waals surface area contributed by atoms with Gasteiger partial charge in [-0.3, -0.25) is 4.98 Å². The molecule has 1 saturated heterocycles. The van der Waals surface area contributed by atoms with E-state index in [9.17, 15) is 4.39 Å². The minimum atomic E-state index is -0.161. The van der Waals surface area contributed by atoms with Crippen molar-refractivity contribution in [2.75, 3.05) is 23.3 Å². The van der Waals surface area contributed by atoms with Gasteiger partial charge in [0.1, 0.15) is 5.82 Å². The molecule has 0 saturated carbocycles. The van der Waals surface area contributed by atoms with Crippen molar-refractivity contribution >= 4 is 11.6 Å². The molecule has 1 fully saturated rings. The van der Waals surface area contributed by atoms with Gasteiger partial charge in [0.25, 0.3) is 0 Å². The molecule has 6 heteroatoms. The van der Waals surface area contributed by atoms with E-state index in [2.05, 4.69) is 25.2 Å². The van der Waals surface area contributed by atoms with E-state index in [0.717, 1.165) is 37.2 Å². The Morgan fingerprint density at radius 1 is 1.00 bits per heavy atom. The first-order valence-corrected chi connectivity index (χ1v) is 8.79. The molecule has 3 heterocycles. The third-order valence-corrected chi connectivity index (χ3v) is 4.63. The third kappa shape index (κ3) is 3.64. The highest BCUT2D eigenvalue weighted by Gasteiger charge is 2.21. The van der Waals surface area contributed by atoms with Gasteiger partial charge >= 0.3 is 0 Å². The highest BCUT2D eigenvalue weighted by atomic mass is 19.1. The molecule has 0 radical (unpaired) electrons. The van der Waals surface area contributed by atoms with Crippen molar-refractivity contribution in [3.05, 3.63) is 66.9 Å². The van der Waals surface area contributed by atoms with Crippen LogP contribution in [-0.2, 0) is 0 Å². The molecule has 132 valence electrons. The van der Waals surface area contributed by atoms with Crippen LogP contribution in [0.4, 0.5) is 16.0 Å². The van der Waals surface area contributed by atoms with E-state index < -0.39 is 0 Å². The lowest BCUT2D eigenvalue weighted by Gasteiger charge is -2.34. The van der Waals surface area contributed by atoms with E-state index >= 15 is 0 Å². The highest BCUT2D eigenvalue weighted by molar-refractivity contribution is 5.58. The minimum absolute atomic E-state index is 0.161. The second-order valence-electron chi connectivity index (χ2n) is 6.36. The summed E-state index contributed by atoms with van der Waals surface area (Å²) < 4.78 is 13.9. The number of pyridine rings is 1. The molecule has 4 rings (SSSR count). The van der Waals surface area contributed by atoms with Crippen LogP contribution in [-0.4, -0.2) is 34.1 Å². The number of nitrogens with zero attached hydrogens (tertiary/aromatic N) is 4. The lowest BCUT2D eigenvalue weighted by molar-refractivity contribution is 0.514. The van der Waals surface area contributed by atoms with Gasteiger partial charge in [-0.1, -0.05) is 12.1 Å². The van der Waals surface area contributed by atoms with E-state index in [1.54, 1.807) is 24.7 Å². The smallest absolute Gasteiger partial charge is 0.223 e. The van der Waals surface area contributed by atoms with Crippen molar-refractivity contribution in [3.63, 3.8) is 0 Å². The molecule has 0 amide bonds. The number of hydrogen-bond acceptors (Lipinski definition) is 5. The number of halogens is 1. The number of para-hydroxylation sites is 1. The van der Waals surface area contributed by atoms with E-state index in [1.165, 1.54) is 6.07 Å². The highest BCUT2D eigenvalue weighted by Crippen LogP contribution is 2.24. The zero-order valence-electron chi connectivity index (χ0n) is 14.3. The molecule has 1 N–H and O–H groups in total. The summed E-state index contributed by atoms with van der Waals surface area (Å²) in [6.45, 7) is 1.61. The Morgan fingerprint density at radius 3 is 2.62 bits per heavy atom. The van der Waals surface area contributed by atoms with Crippen molar-refractivity contribution in [3.8, 4) is 11.3 Å². The van der Waals surface area contributed by atoms with Gasteiger partial charge in [-0.2, -0.15) is 0 Å². The van der Waals surface area contributed by atoms with Crippen LogP contribution in [0, 0.1) is 5.82 Å². The van der Waals surface area contributed by atoms with Gasteiger partial charge in [-0.15, -0.1) is 0 Å². The van der Waals surface area contributed by atoms with Crippen molar-refractivity contribution in [2.24, 2.45) is 0 Å². The summed E-state index contributed by atoms with van der Waals surface area (Å²) in [5.41, 5.74) is 2.49. The number of hydrogen-bond donors (Lipinski definition) is 1. The summed E-state index contributed by atoms with van der Waals surface area (Å²) in [5.74, 6) is 0.460. The van der Waals surface area contributed by atoms with Crippen molar-refractivity contribution < 1.29 is 4.39 Å². The lowest BCUT2D eigenvalue weighted by atomic mass is 10.0. The van der Waals surface area contributed by atoms with E-state index in [1.807, 2.05) is 30.3 Å². The lowest BCUT2D eigenvalue weighted by Crippen LogP contribution is -2.39. The molecular formula is C20H20FN5. The summed E-state index contributed by atoms with van der Waals surface area (Å²) in [5, 5.41) is 3.41. The van der Waals surface area contributed by atoms with Crippen LogP contribution in [0.1, 0.15) is 12.8 Å². The fraction of sp³-hybridized carbons (Fsp3) is 0.250. The van der Waals surface area contributed by atoms with Gasteiger partial charge < -0.3 is 10.2 Å². The normalized spacial score (nSPS) is 15.0. The topological polar surface area (TPSA) is 53.9 Å². The summed E-state index contributed by atoms with van der Waals surface area (Å²) in [4.78, 5) is 15.2. The van der Waals surface area contributed by atoms with Crippen LogP contribution in [0.2, 0.25) is 0 Å². The first-order chi connectivity index (χ1) is 12.8. The van der Waals surface area contributed by atoms with Crippen LogP contribution in [0.5, 0.6) is 0 Å². The molecule has 3 aromatic rings. The summed E-state index contributed by atoms with van der Waals surface area (Å²) in [7, 11) is 0. The summed E-state index contributed by atoms with van der Waals surface area (Å²) in [6.07, 6.45) is 7.11. The fourth-order valence-corrected chi connectivity index (χ4v) is 3.26.